The van der Waals surface area contributed by atoms with E-state index in [-0.39, 0.29) is 5.96 Å². The number of nitrogens with one attached hydrogen (secondary N) is 3. The summed E-state index contributed by atoms with van der Waals surface area (Å²) in [7, 11) is 0. The minimum atomic E-state index is -0.0585. The zero-order chi connectivity index (χ0) is 17.8. The molecule has 1 heterocycles. The molecular formula is C20H20N4O. The molecular weight excluding hydrogens is 312 g/mol. The first-order valence-electron chi connectivity index (χ1n) is 8.19. The standard InChI is InChI=1S/C20H20N4O/c1-3-14-18(15-9-5-4-8-13(15)2)23-17-11-7-6-10-16(17)19(14)24-20(21)22-12-25/h4-12H,3H2,1-2H3,(H3,21,22,23,24,25). The summed E-state index contributed by atoms with van der Waals surface area (Å²) in [6.07, 6.45) is 1.24. The van der Waals surface area contributed by atoms with Crippen LogP contribution in [0.3, 0.4) is 0 Å². The van der Waals surface area contributed by atoms with Gasteiger partial charge in [-0.15, -0.1) is 0 Å². The highest BCUT2D eigenvalue weighted by atomic mass is 16.1. The lowest BCUT2D eigenvalue weighted by molar-refractivity contribution is -0.108. The molecule has 0 spiro atoms. The molecule has 0 aliphatic heterocycles. The fraction of sp³-hybridized carbons (Fsp3) is 0.150. The van der Waals surface area contributed by atoms with Crippen LogP contribution >= 0.6 is 0 Å². The molecule has 5 nitrogen and oxygen atoms in total. The van der Waals surface area contributed by atoms with Crippen molar-refractivity contribution in [3.8, 4) is 11.3 Å². The minimum Gasteiger partial charge on any atom is -0.325 e. The molecule has 3 rings (SSSR count). The third-order valence-electron chi connectivity index (χ3n) is 4.20. The SMILES string of the molecule is CCc1c(-c2ccccc2C)nc2ccccc2c1NC(=N)NC=O. The van der Waals surface area contributed by atoms with Crippen molar-refractivity contribution < 1.29 is 4.79 Å². The lowest BCUT2D eigenvalue weighted by atomic mass is 9.96. The molecule has 3 N–H and O–H groups in total. The Labute approximate surface area is 146 Å². The number of hydrogen-bond acceptors (Lipinski definition) is 3. The predicted octanol–water partition coefficient (Wildman–Crippen LogP) is 3.87. The average Bonchev–Trinajstić information content (AvgIpc) is 2.62. The Hall–Kier alpha value is -3.21. The van der Waals surface area contributed by atoms with Gasteiger partial charge in [-0.2, -0.15) is 0 Å². The first-order chi connectivity index (χ1) is 12.2. The number of carbonyl (C=O) groups is 1. The number of carbonyl (C=O) groups excluding carboxylic acids is 1. The quantitative estimate of drug-likeness (QED) is 0.385. The summed E-state index contributed by atoms with van der Waals surface area (Å²) in [4.78, 5) is 15.5. The molecule has 0 radical (unpaired) electrons. The Morgan fingerprint density at radius 3 is 2.60 bits per heavy atom. The van der Waals surface area contributed by atoms with E-state index in [1.54, 1.807) is 0 Å². The number of anilines is 1. The van der Waals surface area contributed by atoms with Crippen molar-refractivity contribution in [1.82, 2.24) is 10.3 Å². The molecule has 0 fully saturated rings. The molecule has 0 unspecified atom stereocenters. The van der Waals surface area contributed by atoms with E-state index in [1.807, 2.05) is 36.4 Å². The van der Waals surface area contributed by atoms with E-state index in [2.05, 4.69) is 36.6 Å². The van der Waals surface area contributed by atoms with Gasteiger partial charge < -0.3 is 5.32 Å². The van der Waals surface area contributed by atoms with Crippen LogP contribution in [0.2, 0.25) is 0 Å². The number of pyridine rings is 1. The van der Waals surface area contributed by atoms with Crippen molar-refractivity contribution in [2.24, 2.45) is 0 Å². The van der Waals surface area contributed by atoms with Gasteiger partial charge in [-0.25, -0.2) is 4.98 Å². The highest BCUT2D eigenvalue weighted by molar-refractivity contribution is 6.06. The second kappa shape index (κ2) is 7.13. The van der Waals surface area contributed by atoms with E-state index < -0.39 is 0 Å². The van der Waals surface area contributed by atoms with Crippen LogP contribution in [0.5, 0.6) is 0 Å². The zero-order valence-corrected chi connectivity index (χ0v) is 14.3. The number of aryl methyl sites for hydroxylation is 1. The molecule has 1 aromatic heterocycles. The molecule has 0 aliphatic rings. The Morgan fingerprint density at radius 1 is 1.16 bits per heavy atom. The van der Waals surface area contributed by atoms with Gasteiger partial charge >= 0.3 is 0 Å². The van der Waals surface area contributed by atoms with Gasteiger partial charge in [0.25, 0.3) is 0 Å². The number of benzene rings is 2. The average molecular weight is 332 g/mol. The highest BCUT2D eigenvalue weighted by Crippen LogP contribution is 2.35. The third kappa shape index (κ3) is 3.21. The number of amides is 1. The van der Waals surface area contributed by atoms with Gasteiger partial charge in [0.2, 0.25) is 6.41 Å². The normalized spacial score (nSPS) is 10.5. The van der Waals surface area contributed by atoms with Gasteiger partial charge in [-0.05, 0) is 25.0 Å². The van der Waals surface area contributed by atoms with Crippen LogP contribution in [0, 0.1) is 12.3 Å². The van der Waals surface area contributed by atoms with Gasteiger partial charge in [-0.1, -0.05) is 49.4 Å². The van der Waals surface area contributed by atoms with Crippen molar-refractivity contribution >= 4 is 29.0 Å². The zero-order valence-electron chi connectivity index (χ0n) is 14.3. The van der Waals surface area contributed by atoms with Crippen molar-refractivity contribution in [3.63, 3.8) is 0 Å². The fourth-order valence-corrected chi connectivity index (χ4v) is 3.02. The van der Waals surface area contributed by atoms with Crippen molar-refractivity contribution in [1.29, 1.82) is 5.41 Å². The summed E-state index contributed by atoms with van der Waals surface area (Å²) in [6, 6.07) is 16.0. The van der Waals surface area contributed by atoms with Crippen LogP contribution in [-0.4, -0.2) is 17.4 Å². The first kappa shape index (κ1) is 16.6. The Kier molecular flexibility index (Phi) is 4.75. The van der Waals surface area contributed by atoms with E-state index >= 15 is 0 Å². The third-order valence-corrected chi connectivity index (χ3v) is 4.20. The van der Waals surface area contributed by atoms with Crippen LogP contribution < -0.4 is 10.6 Å². The summed E-state index contributed by atoms with van der Waals surface area (Å²) in [5.74, 6) is -0.0585. The van der Waals surface area contributed by atoms with Gasteiger partial charge in [0, 0.05) is 16.5 Å². The topological polar surface area (TPSA) is 77.9 Å². The maximum absolute atomic E-state index is 10.7. The maximum Gasteiger partial charge on any atom is 0.213 e. The van der Waals surface area contributed by atoms with Gasteiger partial charge in [0.05, 0.1) is 16.9 Å². The smallest absolute Gasteiger partial charge is 0.213 e. The number of hydrogen-bond donors (Lipinski definition) is 3. The molecule has 0 saturated carbocycles. The van der Waals surface area contributed by atoms with E-state index in [0.717, 1.165) is 45.4 Å². The van der Waals surface area contributed by atoms with Gasteiger partial charge in [0.1, 0.15) is 0 Å². The largest absolute Gasteiger partial charge is 0.325 e. The van der Waals surface area contributed by atoms with Crippen LogP contribution in [0.15, 0.2) is 48.5 Å². The summed E-state index contributed by atoms with van der Waals surface area (Å²) in [5, 5.41) is 14.2. The molecule has 1 amide bonds. The number of para-hydroxylation sites is 1. The molecule has 25 heavy (non-hydrogen) atoms. The molecule has 126 valence electrons. The van der Waals surface area contributed by atoms with Crippen LogP contribution in [0.4, 0.5) is 5.69 Å². The van der Waals surface area contributed by atoms with Gasteiger partial charge in [0.15, 0.2) is 5.96 Å². The molecule has 2 aromatic carbocycles. The Morgan fingerprint density at radius 2 is 1.88 bits per heavy atom. The summed E-state index contributed by atoms with van der Waals surface area (Å²) in [5.41, 5.74) is 5.80. The van der Waals surface area contributed by atoms with E-state index in [0.29, 0.717) is 6.41 Å². The number of nitrogens with zero attached hydrogens (tertiary/aromatic N) is 1. The number of aromatic nitrogens is 1. The molecule has 5 heteroatoms. The number of rotatable bonds is 4. The predicted molar refractivity (Wildman–Crippen MR) is 102 cm³/mol. The number of guanidine groups is 1. The summed E-state index contributed by atoms with van der Waals surface area (Å²) < 4.78 is 0. The molecule has 0 bridgehead atoms. The van der Waals surface area contributed by atoms with E-state index in [1.165, 1.54) is 0 Å². The molecule has 3 aromatic rings. The lowest BCUT2D eigenvalue weighted by Crippen LogP contribution is -2.28. The molecule has 0 atom stereocenters. The van der Waals surface area contributed by atoms with E-state index in [4.69, 9.17) is 10.4 Å². The van der Waals surface area contributed by atoms with Crippen molar-refractivity contribution in [2.75, 3.05) is 5.32 Å². The maximum atomic E-state index is 10.7. The summed E-state index contributed by atoms with van der Waals surface area (Å²) in [6.45, 7) is 4.13. The van der Waals surface area contributed by atoms with Crippen LogP contribution in [0.1, 0.15) is 18.1 Å². The van der Waals surface area contributed by atoms with Crippen LogP contribution in [0.25, 0.3) is 22.2 Å². The minimum absolute atomic E-state index is 0.0585. The van der Waals surface area contributed by atoms with Gasteiger partial charge in [-0.3, -0.25) is 15.5 Å². The number of fused-ring (bicyclic) bond motifs is 1. The monoisotopic (exact) mass is 332 g/mol. The van der Waals surface area contributed by atoms with Crippen molar-refractivity contribution in [3.05, 3.63) is 59.7 Å². The summed E-state index contributed by atoms with van der Waals surface area (Å²) >= 11 is 0. The van der Waals surface area contributed by atoms with Crippen molar-refractivity contribution in [2.45, 2.75) is 20.3 Å². The highest BCUT2D eigenvalue weighted by Gasteiger charge is 2.17. The second-order valence-electron chi connectivity index (χ2n) is 5.76. The molecule has 0 aliphatic carbocycles. The van der Waals surface area contributed by atoms with E-state index in [9.17, 15) is 4.79 Å². The molecule has 0 saturated heterocycles. The van der Waals surface area contributed by atoms with Crippen LogP contribution in [-0.2, 0) is 11.2 Å². The Bertz CT molecular complexity index is 950. The Balaban J connectivity index is 2.29. The fourth-order valence-electron chi connectivity index (χ4n) is 3.02. The second-order valence-corrected chi connectivity index (χ2v) is 5.76. The first-order valence-corrected chi connectivity index (χ1v) is 8.19. The lowest BCUT2D eigenvalue weighted by Gasteiger charge is -2.18.